The van der Waals surface area contributed by atoms with Gasteiger partial charge in [0.25, 0.3) is 11.5 Å². The Bertz CT molecular complexity index is 1120. The molecule has 0 aliphatic carbocycles. The van der Waals surface area contributed by atoms with Gasteiger partial charge in [0.1, 0.15) is 16.3 Å². The monoisotopic (exact) mass is 432 g/mol. The summed E-state index contributed by atoms with van der Waals surface area (Å²) in [6.45, 7) is 5.12. The Labute approximate surface area is 174 Å². The molecule has 0 radical (unpaired) electrons. The zero-order valence-electron chi connectivity index (χ0n) is 15.8. The Kier molecular flexibility index (Phi) is 6.09. The molecule has 0 saturated carbocycles. The Morgan fingerprint density at radius 1 is 1.24 bits per heavy atom. The molecule has 29 heavy (non-hydrogen) atoms. The maximum absolute atomic E-state index is 12.5. The van der Waals surface area contributed by atoms with E-state index in [0.717, 1.165) is 11.3 Å². The number of benzene rings is 1. The van der Waals surface area contributed by atoms with Crippen molar-refractivity contribution in [2.45, 2.75) is 26.9 Å². The SMILES string of the molecule is Cc1nc(NC(=O)c2cnc(-c3ccc(Cl)cc3)[nH]c2=O)sc1C(=O)OC(C)C. The molecule has 10 heteroatoms. The van der Waals surface area contributed by atoms with Crippen LogP contribution in [0.1, 0.15) is 39.6 Å². The van der Waals surface area contributed by atoms with E-state index in [0.29, 0.717) is 27.0 Å². The first kappa shape index (κ1) is 20.7. The fourth-order valence-corrected chi connectivity index (χ4v) is 3.35. The summed E-state index contributed by atoms with van der Waals surface area (Å²) in [5.41, 5.74) is 0.306. The van der Waals surface area contributed by atoms with Gasteiger partial charge < -0.3 is 9.72 Å². The van der Waals surface area contributed by atoms with E-state index in [1.54, 1.807) is 45.0 Å². The molecule has 1 amide bonds. The van der Waals surface area contributed by atoms with Gasteiger partial charge in [-0.05, 0) is 45.0 Å². The van der Waals surface area contributed by atoms with Gasteiger partial charge in [0.15, 0.2) is 5.13 Å². The number of aryl methyl sites for hydroxylation is 1. The van der Waals surface area contributed by atoms with Crippen LogP contribution in [0.25, 0.3) is 11.4 Å². The zero-order chi connectivity index (χ0) is 21.1. The Morgan fingerprint density at radius 3 is 2.55 bits per heavy atom. The number of aromatic amines is 1. The van der Waals surface area contributed by atoms with Crippen LogP contribution in [0.15, 0.2) is 35.3 Å². The third-order valence-electron chi connectivity index (χ3n) is 3.71. The molecular formula is C19H17ClN4O4S. The largest absolute Gasteiger partial charge is 0.459 e. The molecule has 0 fully saturated rings. The Hall–Kier alpha value is -3.04. The van der Waals surface area contributed by atoms with Gasteiger partial charge in [0.2, 0.25) is 0 Å². The second-order valence-electron chi connectivity index (χ2n) is 6.32. The molecule has 2 aromatic heterocycles. The number of nitrogens with one attached hydrogen (secondary N) is 2. The van der Waals surface area contributed by atoms with Crippen molar-refractivity contribution in [1.82, 2.24) is 15.0 Å². The van der Waals surface area contributed by atoms with E-state index in [1.807, 2.05) is 0 Å². The Morgan fingerprint density at radius 2 is 1.93 bits per heavy atom. The van der Waals surface area contributed by atoms with E-state index >= 15 is 0 Å². The van der Waals surface area contributed by atoms with Crippen molar-refractivity contribution in [3.8, 4) is 11.4 Å². The minimum absolute atomic E-state index is 0.179. The number of esters is 1. The maximum Gasteiger partial charge on any atom is 0.350 e. The van der Waals surface area contributed by atoms with Gasteiger partial charge in [-0.2, -0.15) is 0 Å². The number of H-pyrrole nitrogens is 1. The first-order chi connectivity index (χ1) is 13.7. The number of aromatic nitrogens is 3. The van der Waals surface area contributed by atoms with Crippen molar-refractivity contribution in [2.24, 2.45) is 0 Å². The Balaban J connectivity index is 1.78. The number of carbonyl (C=O) groups excluding carboxylic acids is 2. The summed E-state index contributed by atoms with van der Waals surface area (Å²) in [5, 5.41) is 3.26. The van der Waals surface area contributed by atoms with Gasteiger partial charge in [-0.15, -0.1) is 0 Å². The maximum atomic E-state index is 12.5. The summed E-state index contributed by atoms with van der Waals surface area (Å²) in [6, 6.07) is 6.75. The first-order valence-corrected chi connectivity index (χ1v) is 9.79. The lowest BCUT2D eigenvalue weighted by molar-refractivity contribution is 0.0382. The summed E-state index contributed by atoms with van der Waals surface area (Å²) in [6.07, 6.45) is 0.915. The summed E-state index contributed by atoms with van der Waals surface area (Å²) in [4.78, 5) is 48.0. The quantitative estimate of drug-likeness (QED) is 0.594. The van der Waals surface area contributed by atoms with Crippen LogP contribution in [0.3, 0.4) is 0 Å². The number of carbonyl (C=O) groups is 2. The van der Waals surface area contributed by atoms with Gasteiger partial charge in [0, 0.05) is 16.8 Å². The van der Waals surface area contributed by atoms with Crippen LogP contribution >= 0.6 is 22.9 Å². The standard InChI is InChI=1S/C19H17ClN4O4S/c1-9(2)28-18(27)14-10(3)22-19(29-14)24-17(26)13-8-21-15(23-16(13)25)11-4-6-12(20)7-5-11/h4-9H,1-3H3,(H,21,23,25)(H,22,24,26). The molecular weight excluding hydrogens is 416 g/mol. The molecule has 0 aliphatic heterocycles. The number of ether oxygens (including phenoxy) is 1. The van der Waals surface area contributed by atoms with Gasteiger partial charge in [-0.1, -0.05) is 22.9 Å². The van der Waals surface area contributed by atoms with Gasteiger partial charge >= 0.3 is 5.97 Å². The highest BCUT2D eigenvalue weighted by Crippen LogP contribution is 2.24. The van der Waals surface area contributed by atoms with E-state index in [1.165, 1.54) is 6.20 Å². The minimum atomic E-state index is -0.682. The highest BCUT2D eigenvalue weighted by Gasteiger charge is 2.20. The number of nitrogens with zero attached hydrogens (tertiary/aromatic N) is 2. The topological polar surface area (TPSA) is 114 Å². The number of anilines is 1. The van der Waals surface area contributed by atoms with Gasteiger partial charge in [-0.25, -0.2) is 14.8 Å². The molecule has 0 atom stereocenters. The van der Waals surface area contributed by atoms with Crippen molar-refractivity contribution >= 4 is 39.9 Å². The van der Waals surface area contributed by atoms with E-state index in [9.17, 15) is 14.4 Å². The lowest BCUT2D eigenvalue weighted by Gasteiger charge is -2.05. The number of amides is 1. The summed E-state index contributed by atoms with van der Waals surface area (Å²) < 4.78 is 5.15. The molecule has 2 heterocycles. The van der Waals surface area contributed by atoms with E-state index in [2.05, 4.69) is 20.3 Å². The molecule has 1 aromatic carbocycles. The van der Waals surface area contributed by atoms with Crippen molar-refractivity contribution in [3.63, 3.8) is 0 Å². The predicted molar refractivity (Wildman–Crippen MR) is 111 cm³/mol. The molecule has 8 nitrogen and oxygen atoms in total. The van der Waals surface area contributed by atoms with Crippen LogP contribution in [0.5, 0.6) is 0 Å². The van der Waals surface area contributed by atoms with Crippen molar-refractivity contribution in [1.29, 1.82) is 0 Å². The molecule has 2 N–H and O–H groups in total. The number of hydrogen-bond acceptors (Lipinski definition) is 7. The number of halogens is 1. The smallest absolute Gasteiger partial charge is 0.350 e. The van der Waals surface area contributed by atoms with Crippen LogP contribution in [0.2, 0.25) is 5.02 Å². The van der Waals surface area contributed by atoms with Crippen molar-refractivity contribution in [2.75, 3.05) is 5.32 Å². The summed E-state index contributed by atoms with van der Waals surface area (Å²) >= 11 is 6.83. The number of thiazole rings is 1. The van der Waals surface area contributed by atoms with E-state index in [-0.39, 0.29) is 16.8 Å². The van der Waals surface area contributed by atoms with Crippen LogP contribution in [-0.4, -0.2) is 32.9 Å². The molecule has 0 unspecified atom stereocenters. The van der Waals surface area contributed by atoms with Crippen LogP contribution in [0, 0.1) is 6.92 Å². The van der Waals surface area contributed by atoms with Crippen molar-refractivity contribution in [3.05, 3.63) is 62.0 Å². The predicted octanol–water partition coefficient (Wildman–Crippen LogP) is 3.67. The fourth-order valence-electron chi connectivity index (χ4n) is 2.38. The third kappa shape index (κ3) is 4.87. The fraction of sp³-hybridized carbons (Fsp3) is 0.211. The van der Waals surface area contributed by atoms with Gasteiger partial charge in [-0.3, -0.25) is 14.9 Å². The molecule has 0 spiro atoms. The average Bonchev–Trinajstić information content (AvgIpc) is 3.01. The van der Waals surface area contributed by atoms with Gasteiger partial charge in [0.05, 0.1) is 11.8 Å². The van der Waals surface area contributed by atoms with Crippen LogP contribution in [0.4, 0.5) is 5.13 Å². The molecule has 0 aliphatic rings. The molecule has 3 aromatic rings. The third-order valence-corrected chi connectivity index (χ3v) is 5.01. The second-order valence-corrected chi connectivity index (χ2v) is 7.76. The summed E-state index contributed by atoms with van der Waals surface area (Å²) in [7, 11) is 0. The lowest BCUT2D eigenvalue weighted by atomic mass is 10.2. The van der Waals surface area contributed by atoms with Crippen LogP contribution < -0.4 is 10.9 Å². The molecule has 150 valence electrons. The first-order valence-electron chi connectivity index (χ1n) is 8.59. The molecule has 0 bridgehead atoms. The molecule has 3 rings (SSSR count). The lowest BCUT2D eigenvalue weighted by Crippen LogP contribution is -2.24. The minimum Gasteiger partial charge on any atom is -0.459 e. The normalized spacial score (nSPS) is 10.8. The number of rotatable bonds is 5. The second kappa shape index (κ2) is 8.54. The van der Waals surface area contributed by atoms with Crippen LogP contribution in [-0.2, 0) is 4.74 Å². The van der Waals surface area contributed by atoms with E-state index < -0.39 is 17.4 Å². The average molecular weight is 433 g/mol. The zero-order valence-corrected chi connectivity index (χ0v) is 17.4. The molecule has 0 saturated heterocycles. The highest BCUT2D eigenvalue weighted by atomic mass is 35.5. The van der Waals surface area contributed by atoms with E-state index in [4.69, 9.17) is 16.3 Å². The summed E-state index contributed by atoms with van der Waals surface area (Å²) in [5.74, 6) is -0.881. The van der Waals surface area contributed by atoms with Crippen molar-refractivity contribution < 1.29 is 14.3 Å². The number of hydrogen-bond donors (Lipinski definition) is 2. The highest BCUT2D eigenvalue weighted by molar-refractivity contribution is 7.17.